The van der Waals surface area contributed by atoms with Crippen molar-refractivity contribution in [1.29, 1.82) is 0 Å². The Morgan fingerprint density at radius 2 is 2.25 bits per heavy atom. The van der Waals surface area contributed by atoms with Crippen LogP contribution in [0.2, 0.25) is 0 Å². The average Bonchev–Trinajstić information content (AvgIpc) is 1.69. The molecule has 0 saturated heterocycles. The standard InChI is InChI=1S/C5H13INO/c1-4-5(6-2)7(3)8/h5,7H,4H2,1-3H3/q-1/t5-/m0/s1. The van der Waals surface area contributed by atoms with Gasteiger partial charge in [-0.25, -0.2) is 0 Å². The number of nitrogens with one attached hydrogen (secondary N) is 1. The minimum absolute atomic E-state index is 0.152. The second-order valence-electron chi connectivity index (χ2n) is 1.70. The van der Waals surface area contributed by atoms with Crippen LogP contribution in [0.4, 0.5) is 0 Å². The summed E-state index contributed by atoms with van der Waals surface area (Å²) in [6.45, 7) is 2.08. The Hall–Kier alpha value is 0.650. The van der Waals surface area contributed by atoms with Gasteiger partial charge in [0.05, 0.1) is 0 Å². The molecule has 0 bridgehead atoms. The minimum atomic E-state index is 0.152. The van der Waals surface area contributed by atoms with E-state index in [0.717, 1.165) is 6.42 Å². The monoisotopic (exact) mass is 230 g/mol. The molecule has 0 rings (SSSR count). The molecule has 0 heterocycles. The van der Waals surface area contributed by atoms with Crippen LogP contribution in [0.25, 0.3) is 0 Å². The molecule has 0 aromatic heterocycles. The first-order valence-electron chi connectivity index (χ1n) is 2.70. The van der Waals surface area contributed by atoms with Gasteiger partial charge in [0.1, 0.15) is 0 Å². The first-order chi connectivity index (χ1) is 3.72. The second kappa shape index (κ2) is 4.52. The van der Waals surface area contributed by atoms with Crippen molar-refractivity contribution in [2.24, 2.45) is 0 Å². The average molecular weight is 230 g/mol. The van der Waals surface area contributed by atoms with Crippen LogP contribution in [0.3, 0.4) is 0 Å². The molecule has 2 atom stereocenters. The van der Waals surface area contributed by atoms with Crippen LogP contribution in [-0.2, 0) is 0 Å². The Labute approximate surface area is 61.1 Å². The van der Waals surface area contributed by atoms with Crippen molar-refractivity contribution in [3.63, 3.8) is 0 Å². The molecule has 0 radical (unpaired) electrons. The summed E-state index contributed by atoms with van der Waals surface area (Å²) < 4.78 is 0.425. The Morgan fingerprint density at radius 1 is 1.75 bits per heavy atom. The molecule has 0 aliphatic rings. The Bertz CT molecular complexity index is 54.4. The topological polar surface area (TPSA) is 27.5 Å². The number of hydrogen-bond acceptors (Lipinski definition) is 1. The van der Waals surface area contributed by atoms with Gasteiger partial charge < -0.3 is 0 Å². The molecule has 0 aromatic carbocycles. The number of quaternary nitrogens is 1. The van der Waals surface area contributed by atoms with Crippen LogP contribution in [0.15, 0.2) is 0 Å². The molecule has 0 saturated carbocycles. The van der Waals surface area contributed by atoms with Gasteiger partial charge in [-0.15, -0.1) is 0 Å². The zero-order valence-corrected chi connectivity index (χ0v) is 7.73. The quantitative estimate of drug-likeness (QED) is 0.231. The molecule has 52 valence electrons. The van der Waals surface area contributed by atoms with E-state index in [2.05, 4.69) is 11.9 Å². The number of hydroxylamine groups is 2. The van der Waals surface area contributed by atoms with Crippen LogP contribution in [0.5, 0.6) is 0 Å². The molecule has 0 aliphatic carbocycles. The van der Waals surface area contributed by atoms with E-state index in [1.165, 1.54) is 0 Å². The molecule has 3 heteroatoms. The van der Waals surface area contributed by atoms with E-state index in [0.29, 0.717) is 9.11 Å². The predicted octanol–water partition coefficient (Wildman–Crippen LogP) is -3.55. The molecule has 0 spiro atoms. The summed E-state index contributed by atoms with van der Waals surface area (Å²) in [4.78, 5) is 2.16. The van der Waals surface area contributed by atoms with E-state index in [9.17, 15) is 5.21 Å². The van der Waals surface area contributed by atoms with E-state index in [-0.39, 0.29) is 21.2 Å². The SMILES string of the molecule is CC[C@@H]([I-]C)[NH+](C)[O-]. The van der Waals surface area contributed by atoms with Crippen LogP contribution in [-0.4, -0.2) is 16.0 Å². The van der Waals surface area contributed by atoms with Crippen LogP contribution in [0.1, 0.15) is 13.3 Å². The summed E-state index contributed by atoms with van der Waals surface area (Å²) in [6.07, 6.45) is 1.04. The van der Waals surface area contributed by atoms with Crippen molar-refractivity contribution in [1.82, 2.24) is 0 Å². The van der Waals surface area contributed by atoms with Gasteiger partial charge in [0, 0.05) is 0 Å². The Morgan fingerprint density at radius 3 is 2.25 bits per heavy atom. The molecule has 1 N–H and O–H groups in total. The van der Waals surface area contributed by atoms with Crippen molar-refractivity contribution in [2.75, 3.05) is 12.0 Å². The normalized spacial score (nSPS) is 18.5. The molecule has 0 aromatic rings. The first kappa shape index (κ1) is 8.65. The molecular weight excluding hydrogens is 217 g/mol. The fraction of sp³-hybridized carbons (Fsp3) is 1.00. The fourth-order valence-corrected chi connectivity index (χ4v) is 2.35. The number of alkyl halides is 2. The van der Waals surface area contributed by atoms with Gasteiger partial charge >= 0.3 is 60.8 Å². The molecule has 2 nitrogen and oxygen atoms in total. The van der Waals surface area contributed by atoms with Crippen molar-refractivity contribution in [3.05, 3.63) is 5.21 Å². The third kappa shape index (κ3) is 2.84. The molecular formula is C5H13INO-. The van der Waals surface area contributed by atoms with E-state index in [1.807, 2.05) is 0 Å². The summed E-state index contributed by atoms with van der Waals surface area (Å²) >= 11 is 0.152. The number of hydrogen-bond donors (Lipinski definition) is 1. The van der Waals surface area contributed by atoms with Gasteiger partial charge in [0.2, 0.25) is 0 Å². The van der Waals surface area contributed by atoms with Crippen LogP contribution < -0.4 is 26.3 Å². The summed E-state index contributed by atoms with van der Waals surface area (Å²) in [5.41, 5.74) is 0. The predicted molar refractivity (Wildman–Crippen MR) is 30.3 cm³/mol. The third-order valence-corrected chi connectivity index (χ3v) is 4.32. The van der Waals surface area contributed by atoms with Crippen LogP contribution >= 0.6 is 0 Å². The van der Waals surface area contributed by atoms with E-state index >= 15 is 0 Å². The van der Waals surface area contributed by atoms with E-state index in [1.54, 1.807) is 7.05 Å². The van der Waals surface area contributed by atoms with Gasteiger partial charge in [-0.3, -0.25) is 0 Å². The molecule has 0 aliphatic heterocycles. The Kier molecular flexibility index (Phi) is 4.89. The molecule has 8 heavy (non-hydrogen) atoms. The summed E-state index contributed by atoms with van der Waals surface area (Å²) in [5, 5.41) is 11.0. The zero-order chi connectivity index (χ0) is 6.57. The van der Waals surface area contributed by atoms with Crippen molar-refractivity contribution >= 4 is 0 Å². The van der Waals surface area contributed by atoms with Gasteiger partial charge in [-0.05, 0) is 0 Å². The zero-order valence-electron chi connectivity index (χ0n) is 5.57. The van der Waals surface area contributed by atoms with Gasteiger partial charge in [0.15, 0.2) is 0 Å². The molecule has 0 fully saturated rings. The third-order valence-electron chi connectivity index (χ3n) is 1.06. The molecule has 1 unspecified atom stereocenters. The summed E-state index contributed by atoms with van der Waals surface area (Å²) in [7, 11) is 1.69. The second-order valence-corrected chi connectivity index (χ2v) is 4.45. The van der Waals surface area contributed by atoms with E-state index < -0.39 is 0 Å². The number of halogens is 1. The molecule has 0 amide bonds. The van der Waals surface area contributed by atoms with Gasteiger partial charge in [0.25, 0.3) is 0 Å². The van der Waals surface area contributed by atoms with E-state index in [4.69, 9.17) is 0 Å². The van der Waals surface area contributed by atoms with Crippen molar-refractivity contribution in [2.45, 2.75) is 17.4 Å². The Balaban J connectivity index is 3.35. The summed E-state index contributed by atoms with van der Waals surface area (Å²) in [5.74, 6) is 0. The van der Waals surface area contributed by atoms with Gasteiger partial charge in [-0.2, -0.15) is 0 Å². The maximum atomic E-state index is 10.6. The number of rotatable bonds is 3. The fourth-order valence-electron chi connectivity index (χ4n) is 0.595. The van der Waals surface area contributed by atoms with Crippen molar-refractivity contribution < 1.29 is 26.3 Å². The van der Waals surface area contributed by atoms with Crippen molar-refractivity contribution in [3.8, 4) is 0 Å². The van der Waals surface area contributed by atoms with Crippen LogP contribution in [0, 0.1) is 5.21 Å². The maximum absolute atomic E-state index is 10.6. The van der Waals surface area contributed by atoms with Gasteiger partial charge in [-0.1, -0.05) is 0 Å². The first-order valence-corrected chi connectivity index (χ1v) is 6.11. The summed E-state index contributed by atoms with van der Waals surface area (Å²) in [6, 6.07) is 0.